The van der Waals surface area contributed by atoms with Crippen LogP contribution in [0.3, 0.4) is 0 Å². The van der Waals surface area contributed by atoms with E-state index >= 15 is 0 Å². The van der Waals surface area contributed by atoms with Crippen molar-refractivity contribution in [1.29, 1.82) is 0 Å². The zero-order chi connectivity index (χ0) is 21.3. The van der Waals surface area contributed by atoms with Gasteiger partial charge in [0.1, 0.15) is 16.5 Å². The van der Waals surface area contributed by atoms with Crippen LogP contribution in [-0.2, 0) is 21.8 Å². The number of amides is 1. The molecule has 30 heavy (non-hydrogen) atoms. The van der Waals surface area contributed by atoms with Gasteiger partial charge in [-0.2, -0.15) is 0 Å². The van der Waals surface area contributed by atoms with Crippen molar-refractivity contribution in [3.63, 3.8) is 0 Å². The SMILES string of the molecule is O=C(NCc1cc(N=C2CC(c3ccc(F)c(Cl)c3)(C(Cl)Cl)ON2)ccn1)C1CC1. The summed E-state index contributed by atoms with van der Waals surface area (Å²) in [6.07, 6.45) is 3.74. The van der Waals surface area contributed by atoms with Crippen LogP contribution in [0.5, 0.6) is 0 Å². The van der Waals surface area contributed by atoms with Gasteiger partial charge in [0.25, 0.3) is 0 Å². The Kier molecular flexibility index (Phi) is 6.16. The third-order valence-electron chi connectivity index (χ3n) is 5.00. The van der Waals surface area contributed by atoms with Crippen LogP contribution in [0.4, 0.5) is 10.1 Å². The van der Waals surface area contributed by atoms with Crippen LogP contribution >= 0.6 is 34.8 Å². The van der Waals surface area contributed by atoms with Crippen LogP contribution in [0.25, 0.3) is 0 Å². The summed E-state index contributed by atoms with van der Waals surface area (Å²) in [4.78, 5) is 25.4. The van der Waals surface area contributed by atoms with E-state index in [1.807, 2.05) is 0 Å². The molecular weight excluding hydrogens is 454 g/mol. The number of aliphatic imine (C=N–C) groups is 1. The summed E-state index contributed by atoms with van der Waals surface area (Å²) in [5.74, 6) is 0.132. The summed E-state index contributed by atoms with van der Waals surface area (Å²) < 4.78 is 13.6. The molecule has 158 valence electrons. The molecule has 1 saturated heterocycles. The van der Waals surface area contributed by atoms with Crippen molar-refractivity contribution >= 4 is 52.2 Å². The molecule has 4 rings (SSSR count). The summed E-state index contributed by atoms with van der Waals surface area (Å²) in [5, 5.41) is 2.82. The molecule has 1 aliphatic carbocycles. The predicted octanol–water partition coefficient (Wildman–Crippen LogP) is 4.55. The Bertz CT molecular complexity index is 1000. The molecule has 1 atom stereocenters. The number of carbonyl (C=O) groups is 1. The van der Waals surface area contributed by atoms with Gasteiger partial charge in [-0.3, -0.25) is 20.1 Å². The molecule has 2 aliphatic rings. The molecule has 1 unspecified atom stereocenters. The maximum absolute atomic E-state index is 13.6. The summed E-state index contributed by atoms with van der Waals surface area (Å²) in [7, 11) is 0. The highest BCUT2D eigenvalue weighted by Gasteiger charge is 2.47. The number of carbonyl (C=O) groups excluding carboxylic acids is 1. The Balaban J connectivity index is 1.51. The fourth-order valence-corrected chi connectivity index (χ4v) is 3.83. The standard InChI is InChI=1S/C20H18Cl3FN4O2/c21-15-7-12(3-4-16(15)24)20(19(22)23)9-17(28-30-20)27-13-5-6-25-14(8-13)10-26-18(29)11-1-2-11/h3-8,11,19H,1-2,9-10H2,(H,26,29)(H,25,27,28). The van der Waals surface area contributed by atoms with Crippen LogP contribution in [0, 0.1) is 11.7 Å². The lowest BCUT2D eigenvalue weighted by Gasteiger charge is -2.27. The zero-order valence-electron chi connectivity index (χ0n) is 15.7. The summed E-state index contributed by atoms with van der Waals surface area (Å²) in [6, 6.07) is 7.70. The Labute approximate surface area is 187 Å². The first-order valence-electron chi connectivity index (χ1n) is 9.35. The number of nitrogens with one attached hydrogen (secondary N) is 2. The lowest BCUT2D eigenvalue weighted by atomic mass is 9.92. The lowest BCUT2D eigenvalue weighted by Crippen LogP contribution is -2.33. The molecule has 1 aliphatic heterocycles. The van der Waals surface area contributed by atoms with Crippen molar-refractivity contribution in [3.05, 3.63) is 58.6 Å². The number of hydroxylamine groups is 1. The van der Waals surface area contributed by atoms with Gasteiger partial charge in [-0.05, 0) is 42.7 Å². The van der Waals surface area contributed by atoms with Gasteiger partial charge in [0, 0.05) is 18.5 Å². The number of alkyl halides is 2. The first-order chi connectivity index (χ1) is 14.4. The number of rotatable bonds is 6. The highest BCUT2D eigenvalue weighted by Crippen LogP contribution is 2.42. The van der Waals surface area contributed by atoms with Crippen molar-refractivity contribution in [1.82, 2.24) is 15.8 Å². The lowest BCUT2D eigenvalue weighted by molar-refractivity contribution is -0.122. The predicted molar refractivity (Wildman–Crippen MR) is 113 cm³/mol. The number of halogens is 4. The minimum absolute atomic E-state index is 0.0531. The summed E-state index contributed by atoms with van der Waals surface area (Å²) in [5.41, 5.74) is 3.43. The minimum Gasteiger partial charge on any atom is -0.350 e. The van der Waals surface area contributed by atoms with Crippen LogP contribution in [0.15, 0.2) is 41.5 Å². The van der Waals surface area contributed by atoms with Crippen LogP contribution in [-0.4, -0.2) is 21.6 Å². The highest BCUT2D eigenvalue weighted by atomic mass is 35.5. The van der Waals surface area contributed by atoms with Crippen LogP contribution in [0.2, 0.25) is 5.02 Å². The van der Waals surface area contributed by atoms with Crippen molar-refractivity contribution in [2.45, 2.75) is 36.2 Å². The molecule has 0 radical (unpaired) electrons. The molecule has 0 bridgehead atoms. The molecule has 2 N–H and O–H groups in total. The van der Waals surface area contributed by atoms with Gasteiger partial charge in [0.05, 0.1) is 22.9 Å². The molecule has 1 aromatic heterocycles. The largest absolute Gasteiger partial charge is 0.350 e. The molecule has 2 heterocycles. The maximum atomic E-state index is 13.6. The Morgan fingerprint density at radius 2 is 2.17 bits per heavy atom. The van der Waals surface area contributed by atoms with E-state index in [9.17, 15) is 9.18 Å². The maximum Gasteiger partial charge on any atom is 0.223 e. The number of hydrogen-bond donors (Lipinski definition) is 2. The van der Waals surface area contributed by atoms with E-state index in [1.54, 1.807) is 18.3 Å². The highest BCUT2D eigenvalue weighted by molar-refractivity contribution is 6.45. The Morgan fingerprint density at radius 3 is 2.87 bits per heavy atom. The van der Waals surface area contributed by atoms with Crippen molar-refractivity contribution < 1.29 is 14.0 Å². The van der Waals surface area contributed by atoms with Gasteiger partial charge in [-0.1, -0.05) is 17.7 Å². The fourth-order valence-electron chi connectivity index (χ4n) is 3.16. The van der Waals surface area contributed by atoms with Crippen LogP contribution in [0.1, 0.15) is 30.5 Å². The average Bonchev–Trinajstić information content (AvgIpc) is 3.49. The van der Waals surface area contributed by atoms with Gasteiger partial charge < -0.3 is 5.32 Å². The normalized spacial score (nSPS) is 22.4. The number of hydrogen-bond acceptors (Lipinski definition) is 4. The van der Waals surface area contributed by atoms with Crippen LogP contribution < -0.4 is 10.8 Å². The number of amidine groups is 1. The summed E-state index contributed by atoms with van der Waals surface area (Å²) >= 11 is 18.4. The van der Waals surface area contributed by atoms with Gasteiger partial charge in [0.2, 0.25) is 5.91 Å². The van der Waals surface area contributed by atoms with E-state index in [-0.39, 0.29) is 23.3 Å². The van der Waals surface area contributed by atoms with Gasteiger partial charge in [0.15, 0.2) is 5.60 Å². The molecule has 2 aromatic rings. The molecule has 1 amide bonds. The smallest absolute Gasteiger partial charge is 0.223 e. The Morgan fingerprint density at radius 1 is 1.37 bits per heavy atom. The molecule has 6 nitrogen and oxygen atoms in total. The van der Waals surface area contributed by atoms with Crippen molar-refractivity contribution in [3.8, 4) is 0 Å². The quantitative estimate of drug-likeness (QED) is 0.606. The van der Waals surface area contributed by atoms with E-state index < -0.39 is 16.3 Å². The number of aromatic nitrogens is 1. The second-order valence-corrected chi connectivity index (χ2v) is 8.76. The number of pyridine rings is 1. The molecular formula is C20H18Cl3FN4O2. The van der Waals surface area contributed by atoms with Gasteiger partial charge in [-0.25, -0.2) is 9.38 Å². The molecule has 1 saturated carbocycles. The minimum atomic E-state index is -1.17. The van der Waals surface area contributed by atoms with E-state index in [4.69, 9.17) is 39.6 Å². The van der Waals surface area contributed by atoms with Gasteiger partial charge in [-0.15, -0.1) is 23.2 Å². The molecule has 2 fully saturated rings. The second-order valence-electron chi connectivity index (χ2n) is 7.26. The molecule has 10 heteroatoms. The van der Waals surface area contributed by atoms with Gasteiger partial charge >= 0.3 is 0 Å². The van der Waals surface area contributed by atoms with Crippen molar-refractivity contribution in [2.24, 2.45) is 10.9 Å². The Hall–Kier alpha value is -1.93. The fraction of sp³-hybridized carbons (Fsp3) is 0.350. The van der Waals surface area contributed by atoms with E-state index in [0.717, 1.165) is 12.8 Å². The monoisotopic (exact) mass is 470 g/mol. The first kappa shape index (κ1) is 21.3. The zero-order valence-corrected chi connectivity index (χ0v) is 17.9. The topological polar surface area (TPSA) is 75.6 Å². The van der Waals surface area contributed by atoms with E-state index in [0.29, 0.717) is 29.3 Å². The number of nitrogens with zero attached hydrogens (tertiary/aromatic N) is 2. The third-order valence-corrected chi connectivity index (χ3v) is 5.99. The van der Waals surface area contributed by atoms with E-state index in [2.05, 4.69) is 20.8 Å². The molecule has 1 aromatic carbocycles. The average molecular weight is 472 g/mol. The second kappa shape index (κ2) is 8.67. The number of benzene rings is 1. The summed E-state index contributed by atoms with van der Waals surface area (Å²) in [6.45, 7) is 0.335. The third kappa shape index (κ3) is 4.54. The van der Waals surface area contributed by atoms with Crippen molar-refractivity contribution in [2.75, 3.05) is 0 Å². The molecule has 0 spiro atoms. The van der Waals surface area contributed by atoms with E-state index in [1.165, 1.54) is 18.2 Å². The first-order valence-corrected chi connectivity index (χ1v) is 10.6.